The molecule has 4 aliphatic carbocycles. The van der Waals surface area contributed by atoms with Crippen LogP contribution in [0.5, 0.6) is 0 Å². The Hall–Kier alpha value is -0.131. The van der Waals surface area contributed by atoms with Gasteiger partial charge in [0, 0.05) is 0 Å². The maximum absolute atomic E-state index is 10.6. The van der Waals surface area contributed by atoms with E-state index in [1.807, 2.05) is 0 Å². The first-order valence-corrected chi connectivity index (χ1v) is 8.54. The van der Waals surface area contributed by atoms with Crippen LogP contribution in [0.15, 0.2) is 0 Å². The summed E-state index contributed by atoms with van der Waals surface area (Å²) >= 11 is 0. The molecule has 0 saturated heterocycles. The number of aliphatic carboxylic acids is 1. The largest absolute Gasteiger partial charge is 1.00 e. The molecule has 0 aromatic carbocycles. The van der Waals surface area contributed by atoms with Gasteiger partial charge in [0.1, 0.15) is 0 Å². The Labute approximate surface area is 149 Å². The summed E-state index contributed by atoms with van der Waals surface area (Å²) in [5.74, 6) is 1.79. The Morgan fingerprint density at radius 3 is 1.70 bits per heavy atom. The quantitative estimate of drug-likeness (QED) is 0.644. The minimum atomic E-state index is -0.772. The molecule has 0 spiro atoms. The number of nitrogens with zero attached hydrogens (tertiary/aromatic N) is 1. The van der Waals surface area contributed by atoms with Gasteiger partial charge in [0.05, 0.1) is 12.2 Å². The molecule has 4 rings (SSSR count). The van der Waals surface area contributed by atoms with Crippen LogP contribution in [-0.4, -0.2) is 45.6 Å². The summed E-state index contributed by atoms with van der Waals surface area (Å²) < 4.78 is 0. The zero-order valence-corrected chi connectivity index (χ0v) is 15.0. The summed E-state index contributed by atoms with van der Waals surface area (Å²) in [6.45, 7) is 3.34. The summed E-state index contributed by atoms with van der Waals surface area (Å²) in [6.07, 6.45) is 7.41. The zero-order chi connectivity index (χ0) is 16.3. The van der Waals surface area contributed by atoms with Gasteiger partial charge in [0.25, 0.3) is 5.97 Å². The van der Waals surface area contributed by atoms with Crippen molar-refractivity contribution in [1.82, 2.24) is 0 Å². The van der Waals surface area contributed by atoms with Gasteiger partial charge in [0.15, 0.2) is 0 Å². The predicted molar refractivity (Wildman–Crippen MR) is 84.7 cm³/mol. The first-order chi connectivity index (χ1) is 10.3. The van der Waals surface area contributed by atoms with Gasteiger partial charge in [-0.25, -0.2) is 0 Å². The third-order valence-electron chi connectivity index (χ3n) is 5.24. The summed E-state index contributed by atoms with van der Waals surface area (Å²) in [6, 6.07) is 0. The topological polar surface area (TPSA) is 91.9 Å². The fourth-order valence-corrected chi connectivity index (χ4v) is 4.99. The SMILES string of the molecule is CC(O)CC(C)O.O=C(O)C[N-]C12CC3CC(CC(C3)C1)C2.[Cu+]. The van der Waals surface area contributed by atoms with E-state index < -0.39 is 5.97 Å². The Bertz CT molecular complexity index is 346. The van der Waals surface area contributed by atoms with Crippen molar-refractivity contribution in [3.8, 4) is 0 Å². The van der Waals surface area contributed by atoms with Gasteiger partial charge in [-0.15, -0.1) is 5.54 Å². The number of hydrogen-bond donors (Lipinski definition) is 3. The minimum Gasteiger partial charge on any atom is -0.647 e. The summed E-state index contributed by atoms with van der Waals surface area (Å²) in [5, 5.41) is 30.4. The number of carboxylic acids is 1. The Morgan fingerprint density at radius 2 is 1.43 bits per heavy atom. The third-order valence-corrected chi connectivity index (χ3v) is 5.24. The van der Waals surface area contributed by atoms with Gasteiger partial charge in [-0.05, 0) is 63.8 Å². The van der Waals surface area contributed by atoms with Gasteiger partial charge in [-0.2, -0.15) is 0 Å². The number of aliphatic hydroxyl groups excluding tert-OH is 2. The van der Waals surface area contributed by atoms with Crippen LogP contribution < -0.4 is 0 Å². The molecule has 0 aromatic rings. The Balaban J connectivity index is 0.000000287. The van der Waals surface area contributed by atoms with Crippen LogP contribution in [0.25, 0.3) is 5.32 Å². The molecule has 0 radical (unpaired) electrons. The smallest absolute Gasteiger partial charge is 0.647 e. The van der Waals surface area contributed by atoms with Crippen LogP contribution in [0.4, 0.5) is 0 Å². The fourth-order valence-electron chi connectivity index (χ4n) is 4.99. The van der Waals surface area contributed by atoms with Gasteiger partial charge in [-0.1, -0.05) is 19.3 Å². The molecule has 6 heteroatoms. The van der Waals surface area contributed by atoms with Crippen LogP contribution >= 0.6 is 0 Å². The Morgan fingerprint density at radius 1 is 1.04 bits per heavy atom. The molecule has 4 fully saturated rings. The molecule has 2 unspecified atom stereocenters. The van der Waals surface area contributed by atoms with Crippen molar-refractivity contribution < 1.29 is 37.2 Å². The molecule has 3 N–H and O–H groups in total. The summed E-state index contributed by atoms with van der Waals surface area (Å²) in [7, 11) is 0. The molecule has 23 heavy (non-hydrogen) atoms. The van der Waals surface area contributed by atoms with Crippen molar-refractivity contribution in [1.29, 1.82) is 0 Å². The molecule has 0 aliphatic heterocycles. The second kappa shape index (κ2) is 8.82. The molecule has 4 bridgehead atoms. The summed E-state index contributed by atoms with van der Waals surface area (Å²) in [4.78, 5) is 10.6. The molecule has 0 heterocycles. The second-order valence-corrected chi connectivity index (χ2v) is 7.79. The number of carboxylic acid groups (broad SMARTS) is 1. The molecule has 0 amide bonds. The van der Waals surface area contributed by atoms with E-state index in [9.17, 15) is 4.79 Å². The van der Waals surface area contributed by atoms with Crippen LogP contribution in [0.1, 0.15) is 58.8 Å². The van der Waals surface area contributed by atoms with Crippen LogP contribution in [-0.2, 0) is 21.9 Å². The number of rotatable bonds is 5. The van der Waals surface area contributed by atoms with E-state index in [2.05, 4.69) is 5.32 Å². The summed E-state index contributed by atoms with van der Waals surface area (Å²) in [5.41, 5.74) is 0.0765. The van der Waals surface area contributed by atoms with Crippen LogP contribution in [0.3, 0.4) is 0 Å². The fraction of sp³-hybridized carbons (Fsp3) is 0.941. The third kappa shape index (κ3) is 6.35. The van der Waals surface area contributed by atoms with E-state index in [4.69, 9.17) is 15.3 Å². The maximum Gasteiger partial charge on any atom is 1.00 e. The first kappa shape index (κ1) is 20.9. The van der Waals surface area contributed by atoms with E-state index >= 15 is 0 Å². The Kier molecular flexibility index (Phi) is 8.02. The van der Waals surface area contributed by atoms with E-state index in [0.717, 1.165) is 17.8 Å². The normalized spacial score (nSPS) is 36.4. The molecule has 2 atom stereocenters. The van der Waals surface area contributed by atoms with Crippen molar-refractivity contribution in [2.75, 3.05) is 6.54 Å². The van der Waals surface area contributed by atoms with Crippen molar-refractivity contribution in [3.05, 3.63) is 5.32 Å². The number of aliphatic hydroxyl groups is 2. The number of hydrogen-bond acceptors (Lipinski definition) is 3. The molecule has 138 valence electrons. The molecular formula is C17H30CuNO4. The molecule has 4 saturated carbocycles. The van der Waals surface area contributed by atoms with Crippen molar-refractivity contribution in [2.24, 2.45) is 17.8 Å². The zero-order valence-electron chi connectivity index (χ0n) is 14.0. The van der Waals surface area contributed by atoms with Gasteiger partial charge >= 0.3 is 17.1 Å². The molecule has 0 aromatic heterocycles. The number of carbonyl (C=O) groups is 1. The van der Waals surface area contributed by atoms with E-state index in [0.29, 0.717) is 6.42 Å². The monoisotopic (exact) mass is 375 g/mol. The van der Waals surface area contributed by atoms with Gasteiger partial charge in [0.2, 0.25) is 0 Å². The average molecular weight is 376 g/mol. The van der Waals surface area contributed by atoms with E-state index in [1.54, 1.807) is 13.8 Å². The second-order valence-electron chi connectivity index (χ2n) is 7.79. The van der Waals surface area contributed by atoms with Crippen LogP contribution in [0.2, 0.25) is 0 Å². The standard InChI is InChI=1S/C12H18NO2.C5H12O2.Cu/c14-11(15)7-13-12-4-8-1-9(5-12)3-10(2-8)6-12;1-4(6)3-5(2)7;/h8-10H,1-7H2,(H,14,15);4-7H,3H2,1-2H3;/q-1;;+1. The van der Waals surface area contributed by atoms with E-state index in [-0.39, 0.29) is 41.4 Å². The molecule has 5 nitrogen and oxygen atoms in total. The maximum atomic E-state index is 10.6. The van der Waals surface area contributed by atoms with Crippen molar-refractivity contribution in [2.45, 2.75) is 76.5 Å². The average Bonchev–Trinajstić information content (AvgIpc) is 2.34. The van der Waals surface area contributed by atoms with Crippen LogP contribution in [0, 0.1) is 17.8 Å². The van der Waals surface area contributed by atoms with Gasteiger partial charge < -0.3 is 20.6 Å². The first-order valence-electron chi connectivity index (χ1n) is 8.54. The molecule has 4 aliphatic rings. The predicted octanol–water partition coefficient (Wildman–Crippen LogP) is 2.55. The van der Waals surface area contributed by atoms with E-state index in [1.165, 1.54) is 38.5 Å². The van der Waals surface area contributed by atoms with Gasteiger partial charge in [-0.3, -0.25) is 4.79 Å². The minimum absolute atomic E-state index is 0. The van der Waals surface area contributed by atoms with Crippen molar-refractivity contribution >= 4 is 5.97 Å². The molecular weight excluding hydrogens is 346 g/mol. The van der Waals surface area contributed by atoms with Crippen molar-refractivity contribution in [3.63, 3.8) is 0 Å².